The Morgan fingerprint density at radius 2 is 1.07 bits per heavy atom. The maximum Gasteiger partial charge on any atom is 0.170 e. The van der Waals surface area contributed by atoms with E-state index in [1.165, 1.54) is 55.5 Å². The van der Waals surface area contributed by atoms with E-state index in [2.05, 4.69) is 187 Å². The van der Waals surface area contributed by atoms with Gasteiger partial charge in [-0.2, -0.15) is 0 Å². The van der Waals surface area contributed by atoms with Crippen molar-refractivity contribution in [2.45, 2.75) is 17.9 Å². The van der Waals surface area contributed by atoms with E-state index in [1.807, 2.05) is 12.1 Å². The Morgan fingerprint density at radius 3 is 1.85 bits per heavy atom. The van der Waals surface area contributed by atoms with Gasteiger partial charge in [-0.05, 0) is 116 Å². The van der Waals surface area contributed by atoms with Crippen molar-refractivity contribution in [1.29, 1.82) is 0 Å². The predicted molar refractivity (Wildman–Crippen MR) is 236 cm³/mol. The van der Waals surface area contributed by atoms with Crippen LogP contribution in [-0.2, 0) is 11.8 Å². The molecule has 0 amide bonds. The molecule has 0 saturated carbocycles. The summed E-state index contributed by atoms with van der Waals surface area (Å²) >= 11 is 0. The van der Waals surface area contributed by atoms with Crippen molar-refractivity contribution in [1.82, 2.24) is 0 Å². The van der Waals surface area contributed by atoms with E-state index in [1.54, 1.807) is 0 Å². The van der Waals surface area contributed by atoms with Crippen LogP contribution in [0.4, 0.5) is 11.4 Å². The molecule has 4 aliphatic rings. The molecule has 1 aromatic heterocycles. The Hall–Kier alpha value is -7.56. The predicted octanol–water partition coefficient (Wildman–Crippen LogP) is 14.1. The van der Waals surface area contributed by atoms with Crippen LogP contribution in [0.15, 0.2) is 192 Å². The van der Waals surface area contributed by atoms with E-state index in [9.17, 15) is 0 Å². The Kier molecular flexibility index (Phi) is 6.74. The third-order valence-corrected chi connectivity index (χ3v) is 12.9. The first-order valence-electron chi connectivity index (χ1n) is 20.3. The third-order valence-electron chi connectivity index (χ3n) is 12.9. The molecule has 4 nitrogen and oxygen atoms in total. The van der Waals surface area contributed by atoms with Crippen molar-refractivity contribution >= 4 is 28.4 Å². The summed E-state index contributed by atoms with van der Waals surface area (Å²) in [5.74, 6) is 3.80. The fraction of sp³-hybridized carbons (Fsp3) is 0.0545. The molecule has 1 aliphatic heterocycles. The molecule has 2 heterocycles. The van der Waals surface area contributed by atoms with E-state index >= 15 is 0 Å². The minimum atomic E-state index is -0.454. The molecular weight excluding hydrogens is 723 g/mol. The summed E-state index contributed by atoms with van der Waals surface area (Å²) in [5.41, 5.74) is 16.2. The lowest BCUT2D eigenvalue weighted by molar-refractivity contribution is 0.359. The Bertz CT molecular complexity index is 3180. The first kappa shape index (κ1) is 32.5. The highest BCUT2D eigenvalue weighted by Gasteiger charge is 2.52. The van der Waals surface area contributed by atoms with Crippen molar-refractivity contribution in [2.24, 2.45) is 0 Å². The molecule has 1 atom stereocenters. The number of ether oxygens (including phenoxy) is 2. The molecule has 278 valence electrons. The quantitative estimate of drug-likeness (QED) is 0.179. The highest BCUT2D eigenvalue weighted by Crippen LogP contribution is 2.64. The number of hydrogen-bond donors (Lipinski definition) is 0. The van der Waals surface area contributed by atoms with Crippen LogP contribution >= 0.6 is 0 Å². The summed E-state index contributed by atoms with van der Waals surface area (Å²) in [5, 5.41) is 1.18. The van der Waals surface area contributed by atoms with E-state index in [4.69, 9.17) is 13.9 Å². The smallest absolute Gasteiger partial charge is 0.170 e. The van der Waals surface area contributed by atoms with Crippen LogP contribution in [0.3, 0.4) is 0 Å². The average molecular weight is 758 g/mol. The summed E-state index contributed by atoms with van der Waals surface area (Å²) in [7, 11) is 0. The minimum Gasteiger partial charge on any atom is -0.456 e. The molecule has 8 aromatic carbocycles. The summed E-state index contributed by atoms with van der Waals surface area (Å²) in [4.78, 5) is 2.44. The van der Waals surface area contributed by atoms with Gasteiger partial charge in [0.2, 0.25) is 0 Å². The molecule has 1 spiro atoms. The van der Waals surface area contributed by atoms with Crippen LogP contribution in [0.25, 0.3) is 50.4 Å². The molecule has 0 N–H and O–H groups in total. The first-order chi connectivity index (χ1) is 29.2. The second-order valence-corrected chi connectivity index (χ2v) is 15.9. The molecule has 0 bridgehead atoms. The lowest BCUT2D eigenvalue weighted by atomic mass is 9.70. The van der Waals surface area contributed by atoms with Crippen LogP contribution in [0.2, 0.25) is 0 Å². The molecule has 4 heteroatoms. The third kappa shape index (κ3) is 4.60. The second-order valence-electron chi connectivity index (χ2n) is 15.9. The van der Waals surface area contributed by atoms with Gasteiger partial charge in [-0.25, -0.2) is 0 Å². The van der Waals surface area contributed by atoms with Crippen LogP contribution in [0.5, 0.6) is 23.0 Å². The topological polar surface area (TPSA) is 34.8 Å². The van der Waals surface area contributed by atoms with Gasteiger partial charge < -0.3 is 18.8 Å². The number of rotatable bonds is 4. The summed E-state index contributed by atoms with van der Waals surface area (Å²) in [6.07, 6.45) is 5.24. The maximum atomic E-state index is 6.89. The Balaban J connectivity index is 0.886. The van der Waals surface area contributed by atoms with Gasteiger partial charge in [-0.1, -0.05) is 133 Å². The molecule has 0 saturated heterocycles. The minimum absolute atomic E-state index is 0.0906. The number of anilines is 2. The highest BCUT2D eigenvalue weighted by molar-refractivity contribution is 5.96. The first-order valence-corrected chi connectivity index (χ1v) is 20.3. The van der Waals surface area contributed by atoms with Gasteiger partial charge in [0.15, 0.2) is 23.0 Å². The van der Waals surface area contributed by atoms with E-state index in [0.29, 0.717) is 11.5 Å². The lowest BCUT2D eigenvalue weighted by Crippen LogP contribution is -2.32. The number of nitrogens with zero attached hydrogens (tertiary/aromatic N) is 1. The summed E-state index contributed by atoms with van der Waals surface area (Å²) < 4.78 is 19.8. The molecule has 59 heavy (non-hydrogen) atoms. The van der Waals surface area contributed by atoms with Gasteiger partial charge in [0, 0.05) is 28.7 Å². The number of fused-ring (bicyclic) bond motifs is 15. The van der Waals surface area contributed by atoms with Crippen LogP contribution in [0, 0.1) is 0 Å². The van der Waals surface area contributed by atoms with Gasteiger partial charge in [0.25, 0.3) is 0 Å². The summed E-state index contributed by atoms with van der Waals surface area (Å²) in [6, 6.07) is 65.2. The fourth-order valence-electron chi connectivity index (χ4n) is 10.4. The SMILES string of the molecule is C1=CC(N(c2ccccc2)c2cccc(-c3ccc4c(c3)Oc3cc5c(cc3O4)-c3ccccc3C53c4ccccc4-c4ccccc43)c2)Cc2c1oc1ccccc21. The zero-order chi connectivity index (χ0) is 38.7. The number of para-hydroxylation sites is 2. The van der Waals surface area contributed by atoms with Crippen LogP contribution in [-0.4, -0.2) is 6.04 Å². The highest BCUT2D eigenvalue weighted by atomic mass is 16.6. The van der Waals surface area contributed by atoms with Gasteiger partial charge in [0.05, 0.1) is 11.5 Å². The van der Waals surface area contributed by atoms with Crippen molar-refractivity contribution in [3.63, 3.8) is 0 Å². The fourth-order valence-corrected chi connectivity index (χ4v) is 10.4. The van der Waals surface area contributed by atoms with E-state index in [-0.39, 0.29) is 6.04 Å². The van der Waals surface area contributed by atoms with Gasteiger partial charge in [-0.15, -0.1) is 0 Å². The van der Waals surface area contributed by atoms with Gasteiger partial charge in [-0.3, -0.25) is 0 Å². The molecule has 9 aromatic rings. The molecule has 0 radical (unpaired) electrons. The van der Waals surface area contributed by atoms with Crippen molar-refractivity contribution < 1.29 is 13.9 Å². The van der Waals surface area contributed by atoms with Crippen molar-refractivity contribution in [2.75, 3.05) is 4.90 Å². The van der Waals surface area contributed by atoms with Gasteiger partial charge >= 0.3 is 0 Å². The molecule has 1 unspecified atom stereocenters. The Labute approximate surface area is 341 Å². The maximum absolute atomic E-state index is 6.89. The van der Waals surface area contributed by atoms with Crippen LogP contribution in [0.1, 0.15) is 33.6 Å². The largest absolute Gasteiger partial charge is 0.456 e. The number of furan rings is 1. The lowest BCUT2D eigenvalue weighted by Gasteiger charge is -2.34. The monoisotopic (exact) mass is 757 g/mol. The Morgan fingerprint density at radius 1 is 0.458 bits per heavy atom. The standard InChI is InChI=1S/C55H35NO3/c1-2-14-36(15-3-1)56(38-26-28-50-44(31-38)42-20-7-11-24-49(42)57-50)37-16-12-13-34(29-37)35-25-27-51-52(30-35)59-54-33-48-43(32-53(54)58-51)41-19-6-10-23-47(41)55(48)45-21-8-4-17-39(45)40-18-5-9-22-46(40)55/h1-30,32-33,38H,31H2. The number of benzene rings is 8. The molecule has 3 aliphatic carbocycles. The van der Waals surface area contributed by atoms with Crippen molar-refractivity contribution in [3.05, 3.63) is 222 Å². The van der Waals surface area contributed by atoms with Crippen molar-refractivity contribution in [3.8, 4) is 56.4 Å². The van der Waals surface area contributed by atoms with E-state index in [0.717, 1.165) is 51.8 Å². The summed E-state index contributed by atoms with van der Waals surface area (Å²) in [6.45, 7) is 0. The molecular formula is C55H35NO3. The number of hydrogen-bond acceptors (Lipinski definition) is 4. The van der Waals surface area contributed by atoms with Gasteiger partial charge in [0.1, 0.15) is 11.3 Å². The molecule has 0 fully saturated rings. The zero-order valence-corrected chi connectivity index (χ0v) is 31.9. The second kappa shape index (κ2) is 12.2. The molecule has 13 rings (SSSR count). The normalized spacial score (nSPS) is 15.6. The van der Waals surface area contributed by atoms with Crippen LogP contribution < -0.4 is 14.4 Å². The van der Waals surface area contributed by atoms with E-state index < -0.39 is 5.41 Å². The average Bonchev–Trinajstić information content (AvgIpc) is 3.92. The zero-order valence-electron chi connectivity index (χ0n) is 31.9.